The van der Waals surface area contributed by atoms with Gasteiger partial charge in [-0.05, 0) is 12.1 Å². The van der Waals surface area contributed by atoms with Crippen molar-refractivity contribution in [3.8, 4) is 17.6 Å². The topological polar surface area (TPSA) is 131 Å². The van der Waals surface area contributed by atoms with Gasteiger partial charge in [0.25, 0.3) is 0 Å². The summed E-state index contributed by atoms with van der Waals surface area (Å²) in [6, 6.07) is 5.69. The van der Waals surface area contributed by atoms with Crippen LogP contribution in [0.25, 0.3) is 11.3 Å². The van der Waals surface area contributed by atoms with Gasteiger partial charge in [0, 0.05) is 17.8 Å². The largest absolute Gasteiger partial charge is 0.506 e. The zero-order valence-corrected chi connectivity index (χ0v) is 12.8. The second-order valence-electron chi connectivity index (χ2n) is 4.42. The number of ether oxygens (including phenoxy) is 2. The Balaban J connectivity index is 2.71. The highest BCUT2D eigenvalue weighted by Gasteiger charge is 2.24. The fraction of sp³-hybridized carbons (Fsp3) is 0.133. The molecule has 1 N–H and O–H groups in total. The van der Waals surface area contributed by atoms with E-state index in [0.717, 1.165) is 6.07 Å². The third-order valence-corrected chi connectivity index (χ3v) is 3.12. The van der Waals surface area contributed by atoms with E-state index in [-0.39, 0.29) is 28.3 Å². The average Bonchev–Trinajstić information content (AvgIpc) is 2.61. The summed E-state index contributed by atoms with van der Waals surface area (Å²) < 4.78 is 10.1. The van der Waals surface area contributed by atoms with Gasteiger partial charge in [-0.25, -0.2) is 9.97 Å². The van der Waals surface area contributed by atoms with E-state index in [0.29, 0.717) is 0 Å². The lowest BCUT2D eigenvalue weighted by Gasteiger charge is -2.11. The van der Waals surface area contributed by atoms with Crippen molar-refractivity contribution in [3.05, 3.63) is 52.1 Å². The van der Waals surface area contributed by atoms with Gasteiger partial charge in [-0.2, -0.15) is 5.26 Å². The smallest absolute Gasteiger partial charge is 0.315 e. The Morgan fingerprint density at radius 2 is 2.12 bits per heavy atom. The zero-order chi connectivity index (χ0) is 17.7. The minimum atomic E-state index is -0.672. The summed E-state index contributed by atoms with van der Waals surface area (Å²) in [6.45, 7) is 0. The van der Waals surface area contributed by atoms with Crippen LogP contribution in [0.3, 0.4) is 0 Å². The van der Waals surface area contributed by atoms with Crippen LogP contribution >= 0.6 is 0 Å². The van der Waals surface area contributed by atoms with Crippen molar-refractivity contribution >= 4 is 17.0 Å². The summed E-state index contributed by atoms with van der Waals surface area (Å²) >= 11 is 0. The maximum Gasteiger partial charge on any atom is 0.315 e. The molecule has 9 heteroatoms. The standard InChI is InChI=1S/C15H12N4O5/c1-23-13-6-9(5-12(19(21)22)15(13)24-2)14(20)10(7-16)11-3-4-17-8-18-11/h3-6,8,20H,1-2H3/b14-10-. The molecule has 0 fully saturated rings. The number of nitriles is 1. The molecule has 24 heavy (non-hydrogen) atoms. The summed E-state index contributed by atoms with van der Waals surface area (Å²) in [4.78, 5) is 18.2. The number of aliphatic hydroxyl groups excluding tert-OH is 1. The second kappa shape index (κ2) is 7.06. The highest BCUT2D eigenvalue weighted by molar-refractivity contribution is 5.93. The number of rotatable bonds is 5. The summed E-state index contributed by atoms with van der Waals surface area (Å²) in [7, 11) is 2.57. The van der Waals surface area contributed by atoms with Crippen molar-refractivity contribution < 1.29 is 19.5 Å². The summed E-state index contributed by atoms with van der Waals surface area (Å²) in [5.41, 5.74) is -0.353. The SMILES string of the molecule is COc1cc(/C(O)=C(\C#N)c2ccncn2)cc([N+](=O)[O-])c1OC. The first-order valence-electron chi connectivity index (χ1n) is 6.54. The molecule has 0 radical (unpaired) electrons. The fourth-order valence-corrected chi connectivity index (χ4v) is 2.03. The lowest BCUT2D eigenvalue weighted by atomic mass is 10.0. The lowest BCUT2D eigenvalue weighted by Crippen LogP contribution is -2.00. The molecule has 0 aliphatic rings. The third kappa shape index (κ3) is 3.07. The van der Waals surface area contributed by atoms with Crippen LogP contribution in [0, 0.1) is 21.4 Å². The number of aromatic nitrogens is 2. The van der Waals surface area contributed by atoms with Crippen LogP contribution in [0.5, 0.6) is 11.5 Å². The Bertz CT molecular complexity index is 843. The maximum atomic E-state index is 11.2. The molecular weight excluding hydrogens is 316 g/mol. The number of nitrogens with zero attached hydrogens (tertiary/aromatic N) is 4. The molecule has 2 rings (SSSR count). The number of benzene rings is 1. The van der Waals surface area contributed by atoms with Crippen LogP contribution in [0.4, 0.5) is 5.69 Å². The molecule has 0 aliphatic carbocycles. The van der Waals surface area contributed by atoms with Crippen molar-refractivity contribution in [2.24, 2.45) is 0 Å². The highest BCUT2D eigenvalue weighted by Crippen LogP contribution is 2.40. The van der Waals surface area contributed by atoms with Crippen LogP contribution in [-0.4, -0.2) is 34.2 Å². The summed E-state index contributed by atoms with van der Waals surface area (Å²) in [5, 5.41) is 30.9. The first-order valence-corrected chi connectivity index (χ1v) is 6.54. The van der Waals surface area contributed by atoms with Gasteiger partial charge in [-0.3, -0.25) is 10.1 Å². The zero-order valence-electron chi connectivity index (χ0n) is 12.8. The number of hydrogen-bond acceptors (Lipinski definition) is 8. The number of nitro groups is 1. The monoisotopic (exact) mass is 328 g/mol. The van der Waals surface area contributed by atoms with Crippen molar-refractivity contribution in [2.75, 3.05) is 14.2 Å². The van der Waals surface area contributed by atoms with E-state index < -0.39 is 16.4 Å². The van der Waals surface area contributed by atoms with Crippen LogP contribution in [0.1, 0.15) is 11.3 Å². The lowest BCUT2D eigenvalue weighted by molar-refractivity contribution is -0.385. The third-order valence-electron chi connectivity index (χ3n) is 3.12. The molecule has 0 saturated carbocycles. The molecule has 0 bridgehead atoms. The molecule has 0 atom stereocenters. The number of aliphatic hydroxyl groups is 1. The van der Waals surface area contributed by atoms with Crippen molar-refractivity contribution in [2.45, 2.75) is 0 Å². The first kappa shape index (κ1) is 16.7. The molecule has 1 heterocycles. The Labute approximate surface area is 136 Å². The van der Waals surface area contributed by atoms with Crippen LogP contribution < -0.4 is 9.47 Å². The predicted octanol–water partition coefficient (Wildman–Crippen LogP) is 2.35. The van der Waals surface area contributed by atoms with Gasteiger partial charge in [-0.1, -0.05) is 0 Å². The van der Waals surface area contributed by atoms with Crippen LogP contribution in [0.15, 0.2) is 30.7 Å². The van der Waals surface area contributed by atoms with Gasteiger partial charge in [0.05, 0.1) is 24.8 Å². The van der Waals surface area contributed by atoms with E-state index in [1.54, 1.807) is 0 Å². The van der Waals surface area contributed by atoms with E-state index in [9.17, 15) is 20.5 Å². The molecule has 0 aliphatic heterocycles. The number of nitro benzene ring substituents is 1. The molecule has 122 valence electrons. The molecule has 2 aromatic rings. The van der Waals surface area contributed by atoms with Gasteiger partial charge < -0.3 is 14.6 Å². The average molecular weight is 328 g/mol. The van der Waals surface area contributed by atoms with Gasteiger partial charge in [0.1, 0.15) is 23.7 Å². The van der Waals surface area contributed by atoms with E-state index in [4.69, 9.17) is 9.47 Å². The van der Waals surface area contributed by atoms with Crippen LogP contribution in [0.2, 0.25) is 0 Å². The molecule has 0 amide bonds. The molecule has 0 spiro atoms. The second-order valence-corrected chi connectivity index (χ2v) is 4.42. The highest BCUT2D eigenvalue weighted by atomic mass is 16.6. The maximum absolute atomic E-state index is 11.2. The summed E-state index contributed by atoms with van der Waals surface area (Å²) in [6.07, 6.45) is 2.63. The van der Waals surface area contributed by atoms with Gasteiger partial charge >= 0.3 is 5.69 Å². The molecule has 9 nitrogen and oxygen atoms in total. The molecule has 0 unspecified atom stereocenters. The van der Waals surface area contributed by atoms with E-state index in [1.807, 2.05) is 6.07 Å². The van der Waals surface area contributed by atoms with E-state index in [1.165, 1.54) is 38.9 Å². The Morgan fingerprint density at radius 3 is 2.62 bits per heavy atom. The Kier molecular flexibility index (Phi) is 4.91. The van der Waals surface area contributed by atoms with Crippen molar-refractivity contribution in [1.29, 1.82) is 5.26 Å². The number of allylic oxidation sites excluding steroid dienone is 1. The first-order chi connectivity index (χ1) is 11.5. The normalized spacial score (nSPS) is 11.2. The van der Waals surface area contributed by atoms with Gasteiger partial charge in [-0.15, -0.1) is 0 Å². The van der Waals surface area contributed by atoms with Gasteiger partial charge in [0.2, 0.25) is 5.75 Å². The van der Waals surface area contributed by atoms with Crippen molar-refractivity contribution in [1.82, 2.24) is 9.97 Å². The molecule has 1 aromatic heterocycles. The molecule has 1 aromatic carbocycles. The number of hydrogen-bond donors (Lipinski definition) is 1. The minimum Gasteiger partial charge on any atom is -0.506 e. The van der Waals surface area contributed by atoms with Crippen LogP contribution in [-0.2, 0) is 0 Å². The summed E-state index contributed by atoms with van der Waals surface area (Å²) in [5.74, 6) is -0.506. The molecular formula is C15H12N4O5. The van der Waals surface area contributed by atoms with Gasteiger partial charge in [0.15, 0.2) is 5.75 Å². The quantitative estimate of drug-likeness (QED) is 0.383. The number of methoxy groups -OCH3 is 2. The minimum absolute atomic E-state index is 0.0227. The van der Waals surface area contributed by atoms with E-state index >= 15 is 0 Å². The molecule has 0 saturated heterocycles. The Hall–Kier alpha value is -3.67. The fourth-order valence-electron chi connectivity index (χ4n) is 2.03. The van der Waals surface area contributed by atoms with E-state index in [2.05, 4.69) is 9.97 Å². The van der Waals surface area contributed by atoms with Crippen molar-refractivity contribution in [3.63, 3.8) is 0 Å². The Morgan fingerprint density at radius 1 is 1.38 bits per heavy atom. The predicted molar refractivity (Wildman–Crippen MR) is 83.3 cm³/mol.